The molecule has 0 bridgehead atoms. The predicted molar refractivity (Wildman–Crippen MR) is 115 cm³/mol. The first-order valence-corrected chi connectivity index (χ1v) is 10.4. The maximum Gasteiger partial charge on any atom is 0.230 e. The second-order valence-electron chi connectivity index (χ2n) is 6.39. The largest absolute Gasteiger partial charge is 0.490 e. The number of rotatable bonds is 10. The predicted octanol–water partition coefficient (Wildman–Crippen LogP) is 4.26. The zero-order valence-corrected chi connectivity index (χ0v) is 17.2. The molecule has 0 radical (unpaired) electrons. The molecule has 0 aliphatic carbocycles. The number of aromatic nitrogens is 1. The maximum atomic E-state index is 12.0. The molecular formula is C23H24N2O3S. The summed E-state index contributed by atoms with van der Waals surface area (Å²) >= 11 is 1.52. The molecule has 0 aliphatic heterocycles. The Labute approximate surface area is 175 Å². The highest BCUT2D eigenvalue weighted by atomic mass is 32.2. The lowest BCUT2D eigenvalue weighted by atomic mass is 10.2. The van der Waals surface area contributed by atoms with E-state index in [1.54, 1.807) is 12.3 Å². The highest BCUT2D eigenvalue weighted by Crippen LogP contribution is 2.18. The van der Waals surface area contributed by atoms with Gasteiger partial charge in [0.15, 0.2) is 0 Å². The van der Waals surface area contributed by atoms with E-state index in [0.29, 0.717) is 31.4 Å². The smallest absolute Gasteiger partial charge is 0.230 e. The quantitative estimate of drug-likeness (QED) is 0.401. The van der Waals surface area contributed by atoms with Gasteiger partial charge in [-0.3, -0.25) is 4.79 Å². The molecule has 0 saturated carbocycles. The van der Waals surface area contributed by atoms with Gasteiger partial charge in [0, 0.05) is 23.7 Å². The van der Waals surface area contributed by atoms with Crippen LogP contribution in [0.1, 0.15) is 11.1 Å². The van der Waals surface area contributed by atoms with Crippen molar-refractivity contribution in [3.8, 4) is 11.6 Å². The average Bonchev–Trinajstić information content (AvgIpc) is 2.76. The van der Waals surface area contributed by atoms with Crippen molar-refractivity contribution < 1.29 is 14.3 Å². The van der Waals surface area contributed by atoms with E-state index in [1.807, 2.05) is 67.6 Å². The number of amides is 1. The van der Waals surface area contributed by atoms with Gasteiger partial charge in [0.1, 0.15) is 19.0 Å². The van der Waals surface area contributed by atoms with E-state index in [2.05, 4.69) is 10.3 Å². The molecule has 6 heteroatoms. The normalized spacial score (nSPS) is 10.4. The fraction of sp³-hybridized carbons (Fsp3) is 0.217. The number of nitrogens with one attached hydrogen (secondary N) is 1. The number of benzene rings is 2. The van der Waals surface area contributed by atoms with Crippen LogP contribution in [0.25, 0.3) is 0 Å². The van der Waals surface area contributed by atoms with Crippen molar-refractivity contribution in [1.29, 1.82) is 0 Å². The first-order valence-electron chi connectivity index (χ1n) is 9.41. The standard InChI is InChI=1S/C23H24N2O3S/c1-18-7-10-21(11-8-18)29-17-22(26)24-15-19-9-12-23(25-16-19)28-14-13-27-20-5-3-2-4-6-20/h2-12,16H,13-15,17H2,1H3,(H,24,26). The molecule has 0 spiro atoms. The van der Waals surface area contributed by atoms with E-state index < -0.39 is 0 Å². The van der Waals surface area contributed by atoms with Gasteiger partial charge in [-0.25, -0.2) is 4.98 Å². The number of ether oxygens (including phenoxy) is 2. The Morgan fingerprint density at radius 2 is 1.72 bits per heavy atom. The maximum absolute atomic E-state index is 12.0. The second-order valence-corrected chi connectivity index (χ2v) is 7.44. The fourth-order valence-corrected chi connectivity index (χ4v) is 3.19. The molecule has 1 heterocycles. The van der Waals surface area contributed by atoms with Crippen LogP contribution in [0.3, 0.4) is 0 Å². The Morgan fingerprint density at radius 1 is 0.966 bits per heavy atom. The van der Waals surface area contributed by atoms with Crippen LogP contribution in [-0.4, -0.2) is 29.9 Å². The molecule has 3 rings (SSSR count). The van der Waals surface area contributed by atoms with Crippen LogP contribution in [0.2, 0.25) is 0 Å². The van der Waals surface area contributed by atoms with Crippen molar-refractivity contribution >= 4 is 17.7 Å². The molecule has 0 aliphatic rings. The summed E-state index contributed by atoms with van der Waals surface area (Å²) in [6, 6.07) is 21.4. The SMILES string of the molecule is Cc1ccc(SCC(=O)NCc2ccc(OCCOc3ccccc3)nc2)cc1. The van der Waals surface area contributed by atoms with Crippen LogP contribution < -0.4 is 14.8 Å². The third-order valence-electron chi connectivity index (χ3n) is 4.02. The summed E-state index contributed by atoms with van der Waals surface area (Å²) in [5.74, 6) is 1.73. The first kappa shape index (κ1) is 20.7. The van der Waals surface area contributed by atoms with Gasteiger partial charge in [0.05, 0.1) is 5.75 Å². The van der Waals surface area contributed by atoms with Crippen LogP contribution >= 0.6 is 11.8 Å². The van der Waals surface area contributed by atoms with Crippen molar-refractivity contribution in [2.24, 2.45) is 0 Å². The molecule has 1 N–H and O–H groups in total. The van der Waals surface area contributed by atoms with Gasteiger partial charge in [-0.2, -0.15) is 0 Å². The highest BCUT2D eigenvalue weighted by molar-refractivity contribution is 8.00. The van der Waals surface area contributed by atoms with Crippen LogP contribution in [-0.2, 0) is 11.3 Å². The van der Waals surface area contributed by atoms with Gasteiger partial charge in [0.2, 0.25) is 11.8 Å². The second kappa shape index (κ2) is 11.1. The van der Waals surface area contributed by atoms with Crippen LogP contribution in [0.5, 0.6) is 11.6 Å². The summed E-state index contributed by atoms with van der Waals surface area (Å²) in [5.41, 5.74) is 2.13. The minimum Gasteiger partial charge on any atom is -0.490 e. The van der Waals surface area contributed by atoms with E-state index in [9.17, 15) is 4.79 Å². The van der Waals surface area contributed by atoms with Crippen molar-refractivity contribution in [2.45, 2.75) is 18.4 Å². The monoisotopic (exact) mass is 408 g/mol. The Morgan fingerprint density at radius 3 is 2.45 bits per heavy atom. The van der Waals surface area contributed by atoms with E-state index >= 15 is 0 Å². The van der Waals surface area contributed by atoms with Gasteiger partial charge >= 0.3 is 0 Å². The number of pyridine rings is 1. The summed E-state index contributed by atoms with van der Waals surface area (Å²) in [5, 5.41) is 2.91. The van der Waals surface area contributed by atoms with Gasteiger partial charge in [0.25, 0.3) is 0 Å². The third-order valence-corrected chi connectivity index (χ3v) is 5.04. The van der Waals surface area contributed by atoms with Gasteiger partial charge < -0.3 is 14.8 Å². The lowest BCUT2D eigenvalue weighted by molar-refractivity contribution is -0.118. The molecule has 1 aromatic heterocycles. The summed E-state index contributed by atoms with van der Waals surface area (Å²) in [6.07, 6.45) is 1.71. The first-order chi connectivity index (χ1) is 14.2. The molecule has 0 fully saturated rings. The number of carbonyl (C=O) groups excluding carboxylic acids is 1. The van der Waals surface area contributed by atoms with Crippen molar-refractivity contribution in [1.82, 2.24) is 10.3 Å². The highest BCUT2D eigenvalue weighted by Gasteiger charge is 2.04. The number of nitrogens with zero attached hydrogens (tertiary/aromatic N) is 1. The number of hydrogen-bond acceptors (Lipinski definition) is 5. The topological polar surface area (TPSA) is 60.5 Å². The van der Waals surface area contributed by atoms with E-state index in [4.69, 9.17) is 9.47 Å². The molecular weight excluding hydrogens is 384 g/mol. The number of aryl methyl sites for hydroxylation is 1. The molecule has 1 amide bonds. The molecule has 2 aromatic carbocycles. The Bertz CT molecular complexity index is 884. The van der Waals surface area contributed by atoms with Crippen molar-refractivity contribution in [3.63, 3.8) is 0 Å². The van der Waals surface area contributed by atoms with Gasteiger partial charge in [-0.1, -0.05) is 42.0 Å². The van der Waals surface area contributed by atoms with Crippen LogP contribution in [0.15, 0.2) is 77.8 Å². The van der Waals surface area contributed by atoms with Crippen LogP contribution in [0, 0.1) is 6.92 Å². The number of thioether (sulfide) groups is 1. The number of hydrogen-bond donors (Lipinski definition) is 1. The lowest BCUT2D eigenvalue weighted by Gasteiger charge is -2.09. The molecule has 29 heavy (non-hydrogen) atoms. The van der Waals surface area contributed by atoms with Crippen molar-refractivity contribution in [2.75, 3.05) is 19.0 Å². The zero-order valence-electron chi connectivity index (χ0n) is 16.3. The molecule has 0 saturated heterocycles. The van der Waals surface area contributed by atoms with E-state index in [-0.39, 0.29) is 5.91 Å². The Balaban J connectivity index is 1.33. The summed E-state index contributed by atoms with van der Waals surface area (Å²) in [7, 11) is 0. The van der Waals surface area contributed by atoms with Gasteiger partial charge in [-0.05, 0) is 36.8 Å². The summed E-state index contributed by atoms with van der Waals surface area (Å²) in [4.78, 5) is 17.4. The molecule has 5 nitrogen and oxygen atoms in total. The zero-order chi connectivity index (χ0) is 20.3. The third kappa shape index (κ3) is 7.50. The minimum absolute atomic E-state index is 0.00559. The van der Waals surface area contributed by atoms with E-state index in [1.165, 1.54) is 17.3 Å². The molecule has 3 aromatic rings. The summed E-state index contributed by atoms with van der Waals surface area (Å²) in [6.45, 7) is 3.35. The number of para-hydroxylation sites is 1. The van der Waals surface area contributed by atoms with E-state index in [0.717, 1.165) is 16.2 Å². The lowest BCUT2D eigenvalue weighted by Crippen LogP contribution is -2.24. The summed E-state index contributed by atoms with van der Waals surface area (Å²) < 4.78 is 11.2. The van der Waals surface area contributed by atoms with Crippen molar-refractivity contribution in [3.05, 3.63) is 84.1 Å². The fourth-order valence-electron chi connectivity index (χ4n) is 2.46. The molecule has 150 valence electrons. The molecule has 0 unspecified atom stereocenters. The van der Waals surface area contributed by atoms with Gasteiger partial charge in [-0.15, -0.1) is 11.8 Å². The average molecular weight is 409 g/mol. The molecule has 0 atom stereocenters. The minimum atomic E-state index is -0.00559. The Kier molecular flexibility index (Phi) is 7.95. The van der Waals surface area contributed by atoms with Crippen LogP contribution in [0.4, 0.5) is 0 Å². The number of carbonyl (C=O) groups is 1. The Hall–Kier alpha value is -2.99.